The number of carbonyl (C=O) groups is 2. The summed E-state index contributed by atoms with van der Waals surface area (Å²) in [6.45, 7) is 3.38. The van der Waals surface area contributed by atoms with Crippen molar-refractivity contribution in [2.24, 2.45) is 0 Å². The Morgan fingerprint density at radius 3 is 2.58 bits per heavy atom. The van der Waals surface area contributed by atoms with Gasteiger partial charge in [-0.2, -0.15) is 0 Å². The summed E-state index contributed by atoms with van der Waals surface area (Å²) in [7, 11) is 1.59. The van der Waals surface area contributed by atoms with Crippen LogP contribution in [0.3, 0.4) is 0 Å². The molecule has 160 valence electrons. The fourth-order valence-corrected chi connectivity index (χ4v) is 3.18. The van der Waals surface area contributed by atoms with Gasteiger partial charge in [0.1, 0.15) is 18.4 Å². The Bertz CT molecular complexity index is 1130. The summed E-state index contributed by atoms with van der Waals surface area (Å²) < 4.78 is 10.4. The van der Waals surface area contributed by atoms with E-state index in [2.05, 4.69) is 10.3 Å². The fourth-order valence-electron chi connectivity index (χ4n) is 2.98. The number of pyridine rings is 1. The van der Waals surface area contributed by atoms with Crippen LogP contribution < -0.4 is 10.1 Å². The number of esters is 1. The fraction of sp³-hybridized carbons (Fsp3) is 0.208. The molecule has 0 spiro atoms. The van der Waals surface area contributed by atoms with Crippen LogP contribution >= 0.6 is 11.6 Å². The molecule has 0 aliphatic rings. The van der Waals surface area contributed by atoms with E-state index in [1.807, 2.05) is 43.3 Å². The van der Waals surface area contributed by atoms with Gasteiger partial charge in [0.2, 0.25) is 5.91 Å². The van der Waals surface area contributed by atoms with Gasteiger partial charge in [-0.3, -0.25) is 4.79 Å². The Morgan fingerprint density at radius 2 is 1.87 bits per heavy atom. The van der Waals surface area contributed by atoms with Gasteiger partial charge in [0.15, 0.2) is 0 Å². The smallest absolute Gasteiger partial charge is 0.328 e. The number of aryl methyl sites for hydroxylation is 1. The summed E-state index contributed by atoms with van der Waals surface area (Å²) in [5.74, 6) is -0.248. The number of para-hydroxylation sites is 1. The van der Waals surface area contributed by atoms with Gasteiger partial charge in [-0.15, -0.1) is 0 Å². The van der Waals surface area contributed by atoms with Crippen LogP contribution in [0.25, 0.3) is 17.0 Å². The van der Waals surface area contributed by atoms with E-state index in [1.165, 1.54) is 6.08 Å². The van der Waals surface area contributed by atoms with E-state index in [0.717, 1.165) is 27.8 Å². The van der Waals surface area contributed by atoms with E-state index in [9.17, 15) is 9.59 Å². The van der Waals surface area contributed by atoms with E-state index in [4.69, 9.17) is 21.1 Å². The molecule has 1 unspecified atom stereocenters. The first-order chi connectivity index (χ1) is 14.9. The number of nitrogens with zero attached hydrogens (tertiary/aromatic N) is 1. The third-order valence-electron chi connectivity index (χ3n) is 4.75. The number of ether oxygens (including phenoxy) is 2. The second-order valence-electron chi connectivity index (χ2n) is 6.96. The lowest BCUT2D eigenvalue weighted by molar-refractivity contribution is -0.148. The molecule has 0 aliphatic heterocycles. The van der Waals surface area contributed by atoms with Crippen molar-refractivity contribution < 1.29 is 19.1 Å². The first kappa shape index (κ1) is 22.3. The molecule has 1 N–H and O–H groups in total. The molecule has 3 aromatic rings. The first-order valence-electron chi connectivity index (χ1n) is 9.72. The van der Waals surface area contributed by atoms with Crippen LogP contribution in [0.2, 0.25) is 5.02 Å². The highest BCUT2D eigenvalue weighted by molar-refractivity contribution is 6.32. The number of hydrogen-bond acceptors (Lipinski definition) is 5. The van der Waals surface area contributed by atoms with Crippen LogP contribution in [0.4, 0.5) is 0 Å². The maximum Gasteiger partial charge on any atom is 0.328 e. The highest BCUT2D eigenvalue weighted by Crippen LogP contribution is 2.27. The van der Waals surface area contributed by atoms with Crippen LogP contribution in [0.5, 0.6) is 5.75 Å². The van der Waals surface area contributed by atoms with Crippen LogP contribution in [0, 0.1) is 6.92 Å². The molecule has 31 heavy (non-hydrogen) atoms. The Morgan fingerprint density at radius 1 is 1.16 bits per heavy atom. The summed E-state index contributed by atoms with van der Waals surface area (Å²) in [4.78, 5) is 28.9. The second kappa shape index (κ2) is 10.1. The molecule has 0 aliphatic carbocycles. The average molecular weight is 439 g/mol. The minimum atomic E-state index is -0.826. The zero-order chi connectivity index (χ0) is 22.4. The monoisotopic (exact) mass is 438 g/mol. The maximum absolute atomic E-state index is 12.3. The van der Waals surface area contributed by atoms with Crippen molar-refractivity contribution in [3.05, 3.63) is 76.5 Å². The first-order valence-corrected chi connectivity index (χ1v) is 10.1. The molecule has 1 atom stereocenters. The van der Waals surface area contributed by atoms with Crippen molar-refractivity contribution >= 4 is 40.5 Å². The Hall–Kier alpha value is -3.38. The highest BCUT2D eigenvalue weighted by Gasteiger charge is 2.18. The summed E-state index contributed by atoms with van der Waals surface area (Å²) in [6, 6.07) is 14.0. The lowest BCUT2D eigenvalue weighted by atomic mass is 10.1. The van der Waals surface area contributed by atoms with E-state index >= 15 is 0 Å². The number of halogens is 1. The number of carbonyl (C=O) groups excluding carboxylic acids is 2. The van der Waals surface area contributed by atoms with Gasteiger partial charge in [0.05, 0.1) is 23.3 Å². The summed E-state index contributed by atoms with van der Waals surface area (Å²) in [5.41, 5.74) is 2.96. The number of rotatable bonds is 7. The van der Waals surface area contributed by atoms with E-state index in [0.29, 0.717) is 10.7 Å². The number of nitrogens with one attached hydrogen (secondary N) is 1. The van der Waals surface area contributed by atoms with Gasteiger partial charge >= 0.3 is 5.97 Å². The Labute approximate surface area is 185 Å². The molecule has 7 heteroatoms. The summed E-state index contributed by atoms with van der Waals surface area (Å²) >= 11 is 6.40. The molecule has 0 fully saturated rings. The number of aromatic nitrogens is 1. The van der Waals surface area contributed by atoms with E-state index in [1.54, 1.807) is 32.2 Å². The molecule has 0 saturated carbocycles. The zero-order valence-corrected chi connectivity index (χ0v) is 18.3. The quantitative estimate of drug-likeness (QED) is 0.435. The number of fused-ring (bicyclic) bond motifs is 1. The third kappa shape index (κ3) is 5.61. The van der Waals surface area contributed by atoms with Crippen molar-refractivity contribution in [1.29, 1.82) is 0 Å². The van der Waals surface area contributed by atoms with Gasteiger partial charge < -0.3 is 14.8 Å². The van der Waals surface area contributed by atoms with Gasteiger partial charge in [0, 0.05) is 11.5 Å². The molecular weight excluding hydrogens is 416 g/mol. The minimum Gasteiger partial charge on any atom is -0.497 e. The van der Waals surface area contributed by atoms with Crippen LogP contribution in [-0.2, 0) is 20.9 Å². The molecule has 3 rings (SSSR count). The van der Waals surface area contributed by atoms with Crippen molar-refractivity contribution in [2.45, 2.75) is 26.5 Å². The molecule has 0 radical (unpaired) electrons. The summed E-state index contributed by atoms with van der Waals surface area (Å²) in [5, 5.41) is 4.00. The molecule has 6 nitrogen and oxygen atoms in total. The van der Waals surface area contributed by atoms with Crippen LogP contribution in [-0.4, -0.2) is 30.0 Å². The highest BCUT2D eigenvalue weighted by atomic mass is 35.5. The lowest BCUT2D eigenvalue weighted by Crippen LogP contribution is -2.38. The maximum atomic E-state index is 12.3. The average Bonchev–Trinajstić information content (AvgIpc) is 2.79. The number of amides is 1. The van der Waals surface area contributed by atoms with Crippen LogP contribution in [0.15, 0.2) is 54.6 Å². The molecule has 1 heterocycles. The van der Waals surface area contributed by atoms with Crippen molar-refractivity contribution in [3.8, 4) is 5.75 Å². The summed E-state index contributed by atoms with van der Waals surface area (Å²) in [6.07, 6.45) is 3.01. The van der Waals surface area contributed by atoms with Gasteiger partial charge in [0.25, 0.3) is 0 Å². The Balaban J connectivity index is 1.56. The molecule has 1 aromatic heterocycles. The standard InChI is InChI=1S/C24H23ClN2O4/c1-15-19-6-4-5-7-20(19)27-21(23(15)25)14-31-24(29)16(2)26-22(28)13-10-17-8-11-18(30-3)12-9-17/h4-13,16H,14H2,1-3H3,(H,26,28)/b13-10+. The third-order valence-corrected chi connectivity index (χ3v) is 5.25. The number of benzene rings is 2. The largest absolute Gasteiger partial charge is 0.497 e. The van der Waals surface area contributed by atoms with E-state index < -0.39 is 17.9 Å². The number of methoxy groups -OCH3 is 1. The van der Waals surface area contributed by atoms with Gasteiger partial charge in [-0.05, 0) is 49.2 Å². The van der Waals surface area contributed by atoms with Crippen molar-refractivity contribution in [2.75, 3.05) is 7.11 Å². The lowest BCUT2D eigenvalue weighted by Gasteiger charge is -2.14. The predicted octanol–water partition coefficient (Wildman–Crippen LogP) is 4.47. The molecular formula is C24H23ClN2O4. The SMILES string of the molecule is COc1ccc(/C=C/C(=O)NC(C)C(=O)OCc2nc3ccccc3c(C)c2Cl)cc1. The topological polar surface area (TPSA) is 77.5 Å². The zero-order valence-electron chi connectivity index (χ0n) is 17.5. The molecule has 1 amide bonds. The van der Waals surface area contributed by atoms with Crippen molar-refractivity contribution in [3.63, 3.8) is 0 Å². The molecule has 0 saturated heterocycles. The van der Waals surface area contributed by atoms with E-state index in [-0.39, 0.29) is 6.61 Å². The minimum absolute atomic E-state index is 0.0781. The normalized spacial score (nSPS) is 12.0. The Kier molecular flexibility index (Phi) is 7.26. The van der Waals surface area contributed by atoms with Crippen LogP contribution in [0.1, 0.15) is 23.7 Å². The molecule has 2 aromatic carbocycles. The van der Waals surface area contributed by atoms with Crippen molar-refractivity contribution in [1.82, 2.24) is 10.3 Å². The number of hydrogen-bond donors (Lipinski definition) is 1. The second-order valence-corrected chi connectivity index (χ2v) is 7.34. The molecule has 0 bridgehead atoms. The van der Waals surface area contributed by atoms with Gasteiger partial charge in [-0.25, -0.2) is 9.78 Å². The van der Waals surface area contributed by atoms with Gasteiger partial charge in [-0.1, -0.05) is 41.9 Å². The predicted molar refractivity (Wildman–Crippen MR) is 121 cm³/mol.